The molecule has 1 unspecified atom stereocenters. The third kappa shape index (κ3) is 5.53. The average Bonchev–Trinajstić information content (AvgIpc) is 3.22. The summed E-state index contributed by atoms with van der Waals surface area (Å²) in [6.45, 7) is 5.22. The fourth-order valence-corrected chi connectivity index (χ4v) is 4.97. The number of hydrogen-bond acceptors (Lipinski definition) is 7. The SMILES string of the molecule is Cc1c(F)cc(NC(=O)OCc2ccc3c(c2)C(=O)N(C2CCC(=O)NC2=O)C3)cc1CN1CCOCC1. The van der Waals surface area contributed by atoms with Crippen LogP contribution in [-0.4, -0.2) is 66.0 Å². The van der Waals surface area contributed by atoms with Crippen molar-refractivity contribution < 1.29 is 33.0 Å². The Hall–Kier alpha value is -3.83. The van der Waals surface area contributed by atoms with E-state index in [0.717, 1.165) is 24.2 Å². The second-order valence-electron chi connectivity index (χ2n) is 9.72. The lowest BCUT2D eigenvalue weighted by Gasteiger charge is -2.29. The van der Waals surface area contributed by atoms with Gasteiger partial charge in [-0.25, -0.2) is 9.18 Å². The van der Waals surface area contributed by atoms with Gasteiger partial charge in [0.2, 0.25) is 11.8 Å². The number of hydrogen-bond donors (Lipinski definition) is 2. The van der Waals surface area contributed by atoms with Crippen molar-refractivity contribution in [2.75, 3.05) is 31.6 Å². The fourth-order valence-electron chi connectivity index (χ4n) is 4.97. The van der Waals surface area contributed by atoms with Gasteiger partial charge in [-0.3, -0.25) is 29.9 Å². The molecule has 10 nitrogen and oxygen atoms in total. The zero-order valence-corrected chi connectivity index (χ0v) is 21.0. The Morgan fingerprint density at radius 2 is 1.97 bits per heavy atom. The highest BCUT2D eigenvalue weighted by Crippen LogP contribution is 2.28. The average molecular weight is 525 g/mol. The van der Waals surface area contributed by atoms with Crippen molar-refractivity contribution in [3.05, 3.63) is 64.0 Å². The number of nitrogens with one attached hydrogen (secondary N) is 2. The molecule has 0 aliphatic carbocycles. The van der Waals surface area contributed by atoms with Gasteiger partial charge in [0.1, 0.15) is 18.5 Å². The number of halogens is 1. The van der Waals surface area contributed by atoms with Gasteiger partial charge in [0.15, 0.2) is 0 Å². The van der Waals surface area contributed by atoms with E-state index >= 15 is 0 Å². The van der Waals surface area contributed by atoms with Crippen LogP contribution in [0.1, 0.15) is 45.5 Å². The number of fused-ring (bicyclic) bond motifs is 1. The van der Waals surface area contributed by atoms with Crippen LogP contribution in [0.15, 0.2) is 30.3 Å². The van der Waals surface area contributed by atoms with Crippen molar-refractivity contribution in [3.63, 3.8) is 0 Å². The smallest absolute Gasteiger partial charge is 0.411 e. The van der Waals surface area contributed by atoms with Gasteiger partial charge in [0.05, 0.1) is 13.2 Å². The molecule has 5 rings (SSSR count). The zero-order chi connectivity index (χ0) is 26.8. The van der Waals surface area contributed by atoms with Crippen molar-refractivity contribution in [1.29, 1.82) is 0 Å². The highest BCUT2D eigenvalue weighted by molar-refractivity contribution is 6.05. The number of rotatable bonds is 6. The molecule has 0 radical (unpaired) electrons. The monoisotopic (exact) mass is 524 g/mol. The molecule has 0 bridgehead atoms. The molecule has 3 aliphatic rings. The molecule has 4 amide bonds. The van der Waals surface area contributed by atoms with E-state index in [1.807, 2.05) is 0 Å². The van der Waals surface area contributed by atoms with Gasteiger partial charge in [0.25, 0.3) is 5.91 Å². The van der Waals surface area contributed by atoms with Crippen LogP contribution in [-0.2, 0) is 38.8 Å². The molecule has 2 N–H and O–H groups in total. The van der Waals surface area contributed by atoms with E-state index in [2.05, 4.69) is 15.5 Å². The lowest BCUT2D eigenvalue weighted by molar-refractivity contribution is -0.136. The van der Waals surface area contributed by atoms with E-state index < -0.39 is 23.9 Å². The molecule has 11 heteroatoms. The van der Waals surface area contributed by atoms with Crippen molar-refractivity contribution in [2.45, 2.75) is 45.5 Å². The maximum Gasteiger partial charge on any atom is 0.411 e. The Kier molecular flexibility index (Phi) is 7.39. The van der Waals surface area contributed by atoms with E-state index in [0.29, 0.717) is 42.1 Å². The summed E-state index contributed by atoms with van der Waals surface area (Å²) in [7, 11) is 0. The first-order valence-corrected chi connectivity index (χ1v) is 12.6. The molecule has 0 saturated carbocycles. The second kappa shape index (κ2) is 10.9. The van der Waals surface area contributed by atoms with E-state index in [4.69, 9.17) is 9.47 Å². The normalized spacial score (nSPS) is 19.8. The minimum Gasteiger partial charge on any atom is -0.444 e. The van der Waals surface area contributed by atoms with Crippen molar-refractivity contribution >= 4 is 29.5 Å². The van der Waals surface area contributed by atoms with Gasteiger partial charge in [-0.05, 0) is 53.8 Å². The molecule has 1 atom stereocenters. The Labute approximate surface area is 219 Å². The van der Waals surface area contributed by atoms with E-state index in [1.54, 1.807) is 31.2 Å². The van der Waals surface area contributed by atoms with Gasteiger partial charge in [0, 0.05) is 43.9 Å². The highest BCUT2D eigenvalue weighted by Gasteiger charge is 2.39. The predicted octanol–water partition coefficient (Wildman–Crippen LogP) is 2.48. The third-order valence-electron chi connectivity index (χ3n) is 7.16. The molecule has 3 heterocycles. The molecule has 200 valence electrons. The van der Waals surface area contributed by atoms with Crippen LogP contribution in [0.4, 0.5) is 14.9 Å². The molecular weight excluding hydrogens is 495 g/mol. The molecule has 2 saturated heterocycles. The van der Waals surface area contributed by atoms with Crippen LogP contribution < -0.4 is 10.6 Å². The molecule has 0 spiro atoms. The largest absolute Gasteiger partial charge is 0.444 e. The maximum absolute atomic E-state index is 14.6. The molecule has 38 heavy (non-hydrogen) atoms. The fraction of sp³-hybridized carbons (Fsp3) is 0.407. The molecular formula is C27H29FN4O6. The number of carbonyl (C=O) groups is 4. The first-order valence-electron chi connectivity index (χ1n) is 12.6. The van der Waals surface area contributed by atoms with Gasteiger partial charge >= 0.3 is 6.09 Å². The van der Waals surface area contributed by atoms with E-state index in [9.17, 15) is 23.6 Å². The zero-order valence-electron chi connectivity index (χ0n) is 21.0. The Morgan fingerprint density at radius 1 is 1.18 bits per heavy atom. The summed E-state index contributed by atoms with van der Waals surface area (Å²) >= 11 is 0. The minimum absolute atomic E-state index is 0.0974. The second-order valence-corrected chi connectivity index (χ2v) is 9.72. The first kappa shape index (κ1) is 25.8. The number of morpholine rings is 1. The van der Waals surface area contributed by atoms with Crippen molar-refractivity contribution in [1.82, 2.24) is 15.1 Å². The lowest BCUT2D eigenvalue weighted by Crippen LogP contribution is -2.52. The Balaban J connectivity index is 1.19. The van der Waals surface area contributed by atoms with E-state index in [-0.39, 0.29) is 37.8 Å². The number of imide groups is 1. The number of amides is 4. The van der Waals surface area contributed by atoms with Crippen LogP contribution in [0.5, 0.6) is 0 Å². The van der Waals surface area contributed by atoms with E-state index in [1.165, 1.54) is 11.0 Å². The summed E-state index contributed by atoms with van der Waals surface area (Å²) in [6, 6.07) is 7.47. The number of carbonyl (C=O) groups excluding carboxylic acids is 4. The molecule has 0 aromatic heterocycles. The third-order valence-corrected chi connectivity index (χ3v) is 7.16. The molecule has 2 fully saturated rings. The summed E-state index contributed by atoms with van der Waals surface area (Å²) in [5, 5.41) is 4.87. The quantitative estimate of drug-likeness (QED) is 0.558. The Morgan fingerprint density at radius 3 is 2.74 bits per heavy atom. The first-order chi connectivity index (χ1) is 18.3. The topological polar surface area (TPSA) is 117 Å². The lowest BCUT2D eigenvalue weighted by atomic mass is 10.0. The molecule has 3 aliphatic heterocycles. The van der Waals surface area contributed by atoms with Gasteiger partial charge in [-0.2, -0.15) is 0 Å². The van der Waals surface area contributed by atoms with Crippen LogP contribution >= 0.6 is 0 Å². The number of ether oxygens (including phenoxy) is 2. The molecule has 2 aromatic rings. The van der Waals surface area contributed by atoms with Gasteiger partial charge < -0.3 is 14.4 Å². The Bertz CT molecular complexity index is 1290. The highest BCUT2D eigenvalue weighted by atomic mass is 19.1. The predicted molar refractivity (Wildman–Crippen MR) is 134 cm³/mol. The summed E-state index contributed by atoms with van der Waals surface area (Å²) in [5.74, 6) is -1.52. The summed E-state index contributed by atoms with van der Waals surface area (Å²) in [5.41, 5.74) is 3.40. The van der Waals surface area contributed by atoms with Crippen LogP contribution in [0.3, 0.4) is 0 Å². The van der Waals surface area contributed by atoms with Crippen LogP contribution in [0, 0.1) is 12.7 Å². The van der Waals surface area contributed by atoms with Crippen molar-refractivity contribution in [2.24, 2.45) is 0 Å². The minimum atomic E-state index is -0.748. The summed E-state index contributed by atoms with van der Waals surface area (Å²) in [6.07, 6.45) is -0.277. The molecule has 2 aromatic carbocycles. The number of piperidine rings is 1. The maximum atomic E-state index is 14.6. The van der Waals surface area contributed by atoms with Crippen molar-refractivity contribution in [3.8, 4) is 0 Å². The van der Waals surface area contributed by atoms with Gasteiger partial charge in [-0.15, -0.1) is 0 Å². The summed E-state index contributed by atoms with van der Waals surface area (Å²) in [4.78, 5) is 52.8. The summed E-state index contributed by atoms with van der Waals surface area (Å²) < 4.78 is 25.3. The van der Waals surface area contributed by atoms with Crippen LogP contribution in [0.2, 0.25) is 0 Å². The number of anilines is 1. The van der Waals surface area contributed by atoms with Crippen LogP contribution in [0.25, 0.3) is 0 Å². The number of benzene rings is 2. The standard InChI is InChI=1S/C27H29FN4O6/c1-16-19(13-31-6-8-37-9-7-31)11-20(12-22(16)28)29-27(36)38-15-17-2-3-18-14-32(26(35)21(18)10-17)23-4-5-24(33)30-25(23)34/h2-3,10-12,23H,4-9,13-15H2,1H3,(H,29,36)(H,30,33,34). The van der Waals surface area contributed by atoms with Gasteiger partial charge in [-0.1, -0.05) is 12.1 Å². The number of nitrogens with zero attached hydrogens (tertiary/aromatic N) is 2.